The molecule has 1 aromatic heterocycles. The van der Waals surface area contributed by atoms with Crippen LogP contribution in [0.15, 0.2) is 29.1 Å². The maximum atomic E-state index is 14.1. The average Bonchev–Trinajstić information content (AvgIpc) is 2.97. The van der Waals surface area contributed by atoms with Crippen molar-refractivity contribution in [3.8, 4) is 0 Å². The lowest BCUT2D eigenvalue weighted by Gasteiger charge is -2.57. The van der Waals surface area contributed by atoms with E-state index in [0.29, 0.717) is 49.6 Å². The number of hydrogen-bond acceptors (Lipinski definition) is 7. The first-order valence-corrected chi connectivity index (χ1v) is 18.4. The molecule has 4 bridgehead atoms. The van der Waals surface area contributed by atoms with Gasteiger partial charge in [0, 0.05) is 30.7 Å². The van der Waals surface area contributed by atoms with Crippen LogP contribution in [0.2, 0.25) is 0 Å². The second-order valence-corrected chi connectivity index (χ2v) is 15.8. The molecule has 8 nitrogen and oxygen atoms in total. The Hall–Kier alpha value is -1.73. The van der Waals surface area contributed by atoms with Gasteiger partial charge in [0.25, 0.3) is 5.56 Å². The Morgan fingerprint density at radius 1 is 0.905 bits per heavy atom. The SMILES string of the molecule is CCOP(=O)(CCNc1nc2ccccc2n([C@@H]2CC3C(C)CC[C@H](C2)N3[C@H]2CC3C[C@H](CCC3C)C2)c1=O)OCC. The molecular formula is C33H51N4O4P. The molecule has 0 spiro atoms. The van der Waals surface area contributed by atoms with Crippen molar-refractivity contribution in [2.45, 2.75) is 110 Å². The molecule has 2 aliphatic carbocycles. The van der Waals surface area contributed by atoms with Gasteiger partial charge < -0.3 is 18.9 Å². The number of aromatic nitrogens is 2. The van der Waals surface area contributed by atoms with Crippen LogP contribution in [0.4, 0.5) is 5.82 Å². The fourth-order valence-electron chi connectivity index (χ4n) is 9.06. The molecule has 2 saturated carbocycles. The van der Waals surface area contributed by atoms with Gasteiger partial charge in [-0.3, -0.25) is 14.3 Å². The van der Waals surface area contributed by atoms with Crippen LogP contribution in [0.1, 0.15) is 91.5 Å². The van der Waals surface area contributed by atoms with Crippen molar-refractivity contribution < 1.29 is 13.6 Å². The van der Waals surface area contributed by atoms with Crippen molar-refractivity contribution >= 4 is 24.4 Å². The van der Waals surface area contributed by atoms with Gasteiger partial charge in [-0.25, -0.2) is 4.98 Å². The Morgan fingerprint density at radius 3 is 2.45 bits per heavy atom. The lowest BCUT2D eigenvalue weighted by molar-refractivity contribution is -0.0743. The highest BCUT2D eigenvalue weighted by atomic mass is 31.2. The van der Waals surface area contributed by atoms with E-state index in [9.17, 15) is 9.36 Å². The molecule has 42 heavy (non-hydrogen) atoms. The molecule has 0 amide bonds. The predicted octanol–water partition coefficient (Wildman–Crippen LogP) is 7.09. The predicted molar refractivity (Wildman–Crippen MR) is 169 cm³/mol. The van der Waals surface area contributed by atoms with Gasteiger partial charge in [-0.05, 0) is 94.6 Å². The van der Waals surface area contributed by atoms with E-state index < -0.39 is 7.60 Å². The highest BCUT2D eigenvalue weighted by Crippen LogP contribution is 2.50. The first-order chi connectivity index (χ1) is 20.3. The normalized spacial score (nSPS) is 33.5. The number of piperidine rings is 2. The number of fused-ring (bicyclic) bond motifs is 5. The smallest absolute Gasteiger partial charge is 0.332 e. The second-order valence-electron chi connectivity index (χ2n) is 13.6. The van der Waals surface area contributed by atoms with Gasteiger partial charge in [-0.15, -0.1) is 0 Å². The van der Waals surface area contributed by atoms with E-state index in [4.69, 9.17) is 14.0 Å². The number of benzene rings is 1. The highest BCUT2D eigenvalue weighted by Gasteiger charge is 2.48. The minimum Gasteiger partial charge on any atom is -0.365 e. The summed E-state index contributed by atoms with van der Waals surface area (Å²) in [5.41, 5.74) is 1.64. The topological polar surface area (TPSA) is 85.7 Å². The van der Waals surface area contributed by atoms with Gasteiger partial charge in [0.1, 0.15) is 0 Å². The largest absolute Gasteiger partial charge is 0.365 e. The molecule has 2 aliphatic heterocycles. The molecule has 4 unspecified atom stereocenters. The lowest BCUT2D eigenvalue weighted by atomic mass is 9.64. The van der Waals surface area contributed by atoms with Gasteiger partial charge in [0.2, 0.25) is 0 Å². The third kappa shape index (κ3) is 5.98. The summed E-state index contributed by atoms with van der Waals surface area (Å²) in [6.07, 6.45) is 11.7. The van der Waals surface area contributed by atoms with Crippen molar-refractivity contribution in [2.24, 2.45) is 23.7 Å². The Labute approximate surface area is 251 Å². The fraction of sp³-hybridized carbons (Fsp3) is 0.758. The molecule has 2 aromatic rings. The third-order valence-electron chi connectivity index (χ3n) is 11.0. The first-order valence-electron chi connectivity index (χ1n) is 16.7. The highest BCUT2D eigenvalue weighted by molar-refractivity contribution is 7.53. The maximum Gasteiger partial charge on any atom is 0.332 e. The van der Waals surface area contributed by atoms with Crippen LogP contribution in [0.25, 0.3) is 11.0 Å². The molecule has 0 radical (unpaired) electrons. The van der Waals surface area contributed by atoms with Gasteiger partial charge in [0.05, 0.1) is 30.4 Å². The Morgan fingerprint density at radius 2 is 1.67 bits per heavy atom. The van der Waals surface area contributed by atoms with Crippen LogP contribution in [0.5, 0.6) is 0 Å². The van der Waals surface area contributed by atoms with E-state index in [2.05, 4.69) is 24.1 Å². The zero-order chi connectivity index (χ0) is 29.4. The van der Waals surface area contributed by atoms with Gasteiger partial charge in [0.15, 0.2) is 5.82 Å². The van der Waals surface area contributed by atoms with Crippen molar-refractivity contribution in [2.75, 3.05) is 31.2 Å². The number of para-hydroxylation sites is 2. The van der Waals surface area contributed by atoms with Crippen LogP contribution >= 0.6 is 7.60 Å². The van der Waals surface area contributed by atoms with E-state index in [-0.39, 0.29) is 17.8 Å². The molecule has 232 valence electrons. The summed E-state index contributed by atoms with van der Waals surface area (Å²) < 4.78 is 26.0. The molecule has 8 atom stereocenters. The van der Waals surface area contributed by atoms with E-state index in [1.165, 1.54) is 44.9 Å². The van der Waals surface area contributed by atoms with Crippen LogP contribution in [-0.4, -0.2) is 58.5 Å². The number of nitrogens with one attached hydrogen (secondary N) is 1. The van der Waals surface area contributed by atoms with Crippen molar-refractivity contribution in [1.29, 1.82) is 0 Å². The number of hydrogen-bond donors (Lipinski definition) is 1. The minimum atomic E-state index is -3.21. The molecule has 4 fully saturated rings. The zero-order valence-electron chi connectivity index (χ0n) is 26.0. The molecule has 4 aliphatic rings. The molecule has 9 heteroatoms. The monoisotopic (exact) mass is 598 g/mol. The number of rotatable bonds is 10. The van der Waals surface area contributed by atoms with Crippen LogP contribution in [-0.2, 0) is 13.6 Å². The second kappa shape index (κ2) is 12.7. The lowest BCUT2D eigenvalue weighted by Crippen LogP contribution is -2.61. The molecule has 3 heterocycles. The Bertz CT molecular complexity index is 1340. The molecular weight excluding hydrogens is 547 g/mol. The molecule has 1 aromatic carbocycles. The maximum absolute atomic E-state index is 14.1. The summed E-state index contributed by atoms with van der Waals surface area (Å²) in [7, 11) is -3.21. The standard InChI is InChI=1S/C33H51N4O4P/c1-5-40-42(39,41-6-2)16-15-34-32-33(38)37(30-10-8-7-9-29(30)35-32)28-20-26-14-12-23(4)31(21-28)36(26)27-18-24-13-11-22(3)25(17-24)19-27/h7-10,22-28,31H,5-6,11-21H2,1-4H3,(H,34,35)/t22?,23?,24-,25?,26+,27+,28-,31?/m0/s1. The van der Waals surface area contributed by atoms with E-state index in [1.807, 2.05) is 42.7 Å². The van der Waals surface area contributed by atoms with Gasteiger partial charge in [-0.1, -0.05) is 38.8 Å². The van der Waals surface area contributed by atoms with Gasteiger partial charge >= 0.3 is 7.60 Å². The van der Waals surface area contributed by atoms with E-state index >= 15 is 0 Å². The number of nitrogens with zero attached hydrogens (tertiary/aromatic N) is 3. The zero-order valence-corrected chi connectivity index (χ0v) is 26.9. The summed E-state index contributed by atoms with van der Waals surface area (Å²) in [6, 6.07) is 9.90. The van der Waals surface area contributed by atoms with Gasteiger partial charge in [-0.2, -0.15) is 0 Å². The number of anilines is 1. The minimum absolute atomic E-state index is 0.0819. The quantitative estimate of drug-likeness (QED) is 0.292. The fourth-order valence-corrected chi connectivity index (χ4v) is 10.6. The first kappa shape index (κ1) is 30.3. The van der Waals surface area contributed by atoms with E-state index in [1.54, 1.807) is 0 Å². The van der Waals surface area contributed by atoms with Crippen molar-refractivity contribution in [1.82, 2.24) is 14.5 Å². The summed E-state index contributed by atoms with van der Waals surface area (Å²) >= 11 is 0. The van der Waals surface area contributed by atoms with Crippen molar-refractivity contribution in [3.63, 3.8) is 0 Å². The van der Waals surface area contributed by atoms with Crippen molar-refractivity contribution in [3.05, 3.63) is 34.6 Å². The molecule has 2 saturated heterocycles. The Kier molecular flexibility index (Phi) is 9.17. The summed E-state index contributed by atoms with van der Waals surface area (Å²) in [4.78, 5) is 21.8. The third-order valence-corrected chi connectivity index (χ3v) is 13.1. The summed E-state index contributed by atoms with van der Waals surface area (Å²) in [5.74, 6) is 3.61. The van der Waals surface area contributed by atoms with Crippen LogP contribution in [0.3, 0.4) is 0 Å². The molecule has 6 rings (SSSR count). The molecule has 1 N–H and O–H groups in total. The van der Waals surface area contributed by atoms with Crippen LogP contribution in [0, 0.1) is 23.7 Å². The summed E-state index contributed by atoms with van der Waals surface area (Å²) in [5, 5.41) is 3.22. The van der Waals surface area contributed by atoms with E-state index in [0.717, 1.165) is 41.6 Å². The summed E-state index contributed by atoms with van der Waals surface area (Å²) in [6.45, 7) is 9.48. The van der Waals surface area contributed by atoms with Crippen LogP contribution < -0.4 is 10.9 Å². The Balaban J connectivity index is 1.27. The average molecular weight is 599 g/mol.